The highest BCUT2D eigenvalue weighted by atomic mass is 19.1. The summed E-state index contributed by atoms with van der Waals surface area (Å²) in [6.07, 6.45) is 2.73. The first kappa shape index (κ1) is 30.5. The number of amides is 2. The molecule has 0 bridgehead atoms. The largest absolute Gasteiger partial charge is 0.450 e. The third-order valence-electron chi connectivity index (χ3n) is 7.66. The molecular weight excluding hydrogens is 501 g/mol. The number of nitrogens with one attached hydrogen (secondary N) is 1. The van der Waals surface area contributed by atoms with E-state index in [0.717, 1.165) is 12.0 Å². The second kappa shape index (κ2) is 14.4. The molecule has 214 valence electrons. The van der Waals surface area contributed by atoms with Crippen LogP contribution in [0.2, 0.25) is 0 Å². The van der Waals surface area contributed by atoms with Gasteiger partial charge in [0.15, 0.2) is 0 Å². The lowest BCUT2D eigenvalue weighted by Crippen LogP contribution is -2.48. The molecule has 0 aromatic heterocycles. The highest BCUT2D eigenvalue weighted by Gasteiger charge is 2.43. The summed E-state index contributed by atoms with van der Waals surface area (Å²) in [7, 11) is 1.48. The van der Waals surface area contributed by atoms with Crippen molar-refractivity contribution in [2.45, 2.75) is 63.5 Å². The van der Waals surface area contributed by atoms with Crippen molar-refractivity contribution in [3.63, 3.8) is 0 Å². The van der Waals surface area contributed by atoms with E-state index in [2.05, 4.69) is 5.32 Å². The molecule has 1 fully saturated rings. The van der Waals surface area contributed by atoms with Crippen LogP contribution in [0.25, 0.3) is 11.1 Å². The second-order valence-corrected chi connectivity index (χ2v) is 10.3. The highest BCUT2D eigenvalue weighted by Crippen LogP contribution is 2.44. The summed E-state index contributed by atoms with van der Waals surface area (Å²) in [5.41, 5.74) is 6.87. The average Bonchev–Trinajstić information content (AvgIpc) is 2.97. The van der Waals surface area contributed by atoms with Gasteiger partial charge in [0, 0.05) is 44.1 Å². The maximum Gasteiger partial charge on any atom is 0.406 e. The number of aliphatic hydroxyl groups is 2. The van der Waals surface area contributed by atoms with E-state index in [1.807, 2.05) is 31.2 Å². The minimum Gasteiger partial charge on any atom is -0.450 e. The van der Waals surface area contributed by atoms with Gasteiger partial charge in [0.05, 0.1) is 18.8 Å². The summed E-state index contributed by atoms with van der Waals surface area (Å²) in [5, 5.41) is 24.1. The van der Waals surface area contributed by atoms with E-state index in [9.17, 15) is 19.8 Å². The van der Waals surface area contributed by atoms with Gasteiger partial charge in [-0.05, 0) is 61.3 Å². The molecule has 3 unspecified atom stereocenters. The zero-order chi connectivity index (χ0) is 28.4. The first-order chi connectivity index (χ1) is 18.7. The van der Waals surface area contributed by atoms with Gasteiger partial charge < -0.3 is 30.9 Å². The van der Waals surface area contributed by atoms with Crippen LogP contribution in [0.15, 0.2) is 42.5 Å². The Bertz CT molecular complexity index is 1110. The monoisotopic (exact) mass is 543 g/mol. The Morgan fingerprint density at radius 3 is 2.77 bits per heavy atom. The number of carbonyl (C=O) groups is 2. The molecular formula is C30H42FN3O5. The summed E-state index contributed by atoms with van der Waals surface area (Å²) >= 11 is 0. The average molecular weight is 544 g/mol. The van der Waals surface area contributed by atoms with E-state index in [-0.39, 0.29) is 37.9 Å². The predicted octanol–water partition coefficient (Wildman–Crippen LogP) is 3.72. The first-order valence-electron chi connectivity index (χ1n) is 13.8. The van der Waals surface area contributed by atoms with Crippen LogP contribution in [-0.2, 0) is 21.6 Å². The molecule has 1 aliphatic rings. The number of nitrogens with zero attached hydrogens (tertiary/aromatic N) is 1. The molecule has 9 heteroatoms. The van der Waals surface area contributed by atoms with Crippen LogP contribution in [0.3, 0.4) is 0 Å². The number of hydrogen-bond donors (Lipinski definition) is 4. The Morgan fingerprint density at radius 2 is 2.05 bits per heavy atom. The number of nitrogens with two attached hydrogens (primary N) is 1. The van der Waals surface area contributed by atoms with Crippen molar-refractivity contribution < 1.29 is 28.9 Å². The Morgan fingerprint density at radius 1 is 1.28 bits per heavy atom. The fourth-order valence-corrected chi connectivity index (χ4v) is 5.41. The topological polar surface area (TPSA) is 125 Å². The summed E-state index contributed by atoms with van der Waals surface area (Å²) in [4.78, 5) is 26.3. The predicted molar refractivity (Wildman–Crippen MR) is 148 cm³/mol. The van der Waals surface area contributed by atoms with Crippen LogP contribution in [0.5, 0.6) is 0 Å². The molecule has 3 rings (SSSR count). The van der Waals surface area contributed by atoms with Gasteiger partial charge in [-0.1, -0.05) is 43.3 Å². The lowest BCUT2D eigenvalue weighted by atomic mass is 9.72. The number of benzene rings is 2. The number of ether oxygens (including phenoxy) is 1. The van der Waals surface area contributed by atoms with Gasteiger partial charge >= 0.3 is 6.09 Å². The van der Waals surface area contributed by atoms with E-state index < -0.39 is 23.6 Å². The quantitative estimate of drug-likeness (QED) is 0.303. The molecule has 0 aliphatic carbocycles. The van der Waals surface area contributed by atoms with E-state index in [0.29, 0.717) is 55.5 Å². The Hall–Kier alpha value is -3.01. The number of carbonyl (C=O) groups excluding carboxylic acids is 2. The number of halogens is 1. The van der Waals surface area contributed by atoms with Gasteiger partial charge in [0.2, 0.25) is 5.91 Å². The molecule has 8 nitrogen and oxygen atoms in total. The van der Waals surface area contributed by atoms with Crippen molar-refractivity contribution in [1.82, 2.24) is 10.2 Å². The van der Waals surface area contributed by atoms with Crippen LogP contribution in [0.1, 0.15) is 56.6 Å². The van der Waals surface area contributed by atoms with Crippen LogP contribution < -0.4 is 11.1 Å². The number of aryl methyl sites for hydroxylation is 1. The maximum atomic E-state index is 15.5. The first-order valence-corrected chi connectivity index (χ1v) is 13.8. The molecule has 2 amide bonds. The Kier molecular flexibility index (Phi) is 11.3. The van der Waals surface area contributed by atoms with Crippen molar-refractivity contribution in [2.24, 2.45) is 11.7 Å². The fourth-order valence-electron chi connectivity index (χ4n) is 5.41. The molecule has 0 saturated carbocycles. The molecule has 2 aromatic rings. The summed E-state index contributed by atoms with van der Waals surface area (Å²) in [6.45, 7) is 2.81. The normalized spacial score (nSPS) is 17.8. The van der Waals surface area contributed by atoms with Gasteiger partial charge in [0.25, 0.3) is 0 Å². The van der Waals surface area contributed by atoms with Crippen molar-refractivity contribution >= 4 is 12.0 Å². The molecule has 0 spiro atoms. The van der Waals surface area contributed by atoms with Crippen molar-refractivity contribution in [2.75, 3.05) is 33.4 Å². The van der Waals surface area contributed by atoms with Crippen LogP contribution in [-0.4, -0.2) is 66.5 Å². The SMILES string of the molecule is CCc1cccc(-c2c(F)cccc2C(O)(CCCOC(=O)NC)C2CCCN(C(=O)CCC(N)CO)C2)c1. The third kappa shape index (κ3) is 7.77. The number of piperidine rings is 1. The molecule has 3 atom stereocenters. The lowest BCUT2D eigenvalue weighted by Gasteiger charge is -2.43. The van der Waals surface area contributed by atoms with Crippen molar-refractivity contribution in [1.29, 1.82) is 0 Å². The number of alkyl carbamates (subject to hydrolysis) is 1. The molecule has 1 saturated heterocycles. The summed E-state index contributed by atoms with van der Waals surface area (Å²) in [6, 6.07) is 12.0. The third-order valence-corrected chi connectivity index (χ3v) is 7.66. The molecule has 1 aliphatic heterocycles. The zero-order valence-electron chi connectivity index (χ0n) is 23.0. The standard InChI is InChI=1S/C30H42FN3O5/c1-3-21-8-4-9-22(18-21)28-25(11-5-12-26(28)31)30(38,15-7-17-39-29(37)33-2)23-10-6-16-34(19-23)27(36)14-13-24(32)20-35/h4-5,8-9,11-12,18,23-24,35,38H,3,6-7,10,13-17,19-20,32H2,1-2H3,(H,33,37). The van der Waals surface area contributed by atoms with Crippen molar-refractivity contribution in [3.05, 3.63) is 59.4 Å². The Labute approximate surface area is 230 Å². The van der Waals surface area contributed by atoms with Gasteiger partial charge in [-0.25, -0.2) is 9.18 Å². The van der Waals surface area contributed by atoms with E-state index >= 15 is 4.39 Å². The second-order valence-electron chi connectivity index (χ2n) is 10.3. The molecule has 5 N–H and O–H groups in total. The van der Waals surface area contributed by atoms with Gasteiger partial charge in [-0.3, -0.25) is 4.79 Å². The summed E-state index contributed by atoms with van der Waals surface area (Å²) < 4.78 is 20.7. The van der Waals surface area contributed by atoms with Gasteiger partial charge in [-0.2, -0.15) is 0 Å². The number of aliphatic hydroxyl groups excluding tert-OH is 1. The van der Waals surface area contributed by atoms with E-state index in [1.54, 1.807) is 17.0 Å². The number of hydrogen-bond acceptors (Lipinski definition) is 6. The highest BCUT2D eigenvalue weighted by molar-refractivity contribution is 5.76. The van der Waals surface area contributed by atoms with Crippen LogP contribution in [0.4, 0.5) is 9.18 Å². The minimum atomic E-state index is -1.48. The van der Waals surface area contributed by atoms with E-state index in [1.165, 1.54) is 13.1 Å². The molecule has 39 heavy (non-hydrogen) atoms. The minimum absolute atomic E-state index is 0.0796. The Balaban J connectivity index is 1.97. The van der Waals surface area contributed by atoms with Gasteiger partial charge in [0.1, 0.15) is 5.82 Å². The number of likely N-dealkylation sites (tertiary alicyclic amines) is 1. The van der Waals surface area contributed by atoms with Crippen LogP contribution in [0, 0.1) is 11.7 Å². The van der Waals surface area contributed by atoms with Crippen molar-refractivity contribution in [3.8, 4) is 11.1 Å². The lowest BCUT2D eigenvalue weighted by molar-refractivity contribution is -0.137. The summed E-state index contributed by atoms with van der Waals surface area (Å²) in [5.74, 6) is -0.872. The molecule has 2 aromatic carbocycles. The fraction of sp³-hybridized carbons (Fsp3) is 0.533. The molecule has 0 radical (unpaired) electrons. The zero-order valence-corrected chi connectivity index (χ0v) is 23.0. The number of rotatable bonds is 12. The van der Waals surface area contributed by atoms with E-state index in [4.69, 9.17) is 10.5 Å². The smallest absolute Gasteiger partial charge is 0.406 e. The van der Waals surface area contributed by atoms with Gasteiger partial charge in [-0.15, -0.1) is 0 Å². The molecule has 1 heterocycles. The maximum absolute atomic E-state index is 15.5. The van der Waals surface area contributed by atoms with Crippen LogP contribution >= 0.6 is 0 Å².